The number of nitrogens with zero attached hydrogens (tertiary/aromatic N) is 5. The van der Waals surface area contributed by atoms with Crippen LogP contribution in [0.2, 0.25) is 0 Å². The van der Waals surface area contributed by atoms with Crippen LogP contribution in [0.15, 0.2) is 17.1 Å². The summed E-state index contributed by atoms with van der Waals surface area (Å²) < 4.78 is 10.9. The predicted molar refractivity (Wildman–Crippen MR) is 103 cm³/mol. The average Bonchev–Trinajstić information content (AvgIpc) is 3.06. The zero-order valence-electron chi connectivity index (χ0n) is 16.0. The number of pyridine rings is 1. The molecule has 0 bridgehead atoms. The molecule has 1 fully saturated rings. The highest BCUT2D eigenvalue weighted by molar-refractivity contribution is 7.05. The Bertz CT molecular complexity index is 857. The molecule has 8 nitrogen and oxygen atoms in total. The van der Waals surface area contributed by atoms with Gasteiger partial charge in [0.25, 0.3) is 11.5 Å². The monoisotopic (exact) mass is 391 g/mol. The molecule has 3 rings (SSSR count). The summed E-state index contributed by atoms with van der Waals surface area (Å²) in [6, 6.07) is 1.83. The second-order valence-electron chi connectivity index (χ2n) is 6.77. The zero-order valence-corrected chi connectivity index (χ0v) is 16.8. The van der Waals surface area contributed by atoms with Crippen LogP contribution in [-0.2, 0) is 17.8 Å². The first-order valence-electron chi connectivity index (χ1n) is 9.01. The van der Waals surface area contributed by atoms with Gasteiger partial charge < -0.3 is 14.2 Å². The summed E-state index contributed by atoms with van der Waals surface area (Å²) in [5.41, 5.74) is 1.50. The first-order valence-corrected chi connectivity index (χ1v) is 9.78. The number of hydrogen-bond acceptors (Lipinski definition) is 7. The fourth-order valence-corrected chi connectivity index (χ4v) is 3.74. The van der Waals surface area contributed by atoms with Crippen molar-refractivity contribution in [1.82, 2.24) is 24.0 Å². The molecule has 1 aliphatic rings. The third-order valence-corrected chi connectivity index (χ3v) is 5.63. The average molecular weight is 391 g/mol. The number of hydrogen-bond donors (Lipinski definition) is 0. The van der Waals surface area contributed by atoms with E-state index in [-0.39, 0.29) is 17.0 Å². The largest absolute Gasteiger partial charge is 0.379 e. The molecule has 2 aromatic rings. The second kappa shape index (κ2) is 8.73. The molecular weight excluding hydrogens is 366 g/mol. The lowest BCUT2D eigenvalue weighted by Gasteiger charge is -2.26. The van der Waals surface area contributed by atoms with Crippen molar-refractivity contribution in [1.29, 1.82) is 0 Å². The van der Waals surface area contributed by atoms with Gasteiger partial charge in [-0.1, -0.05) is 4.49 Å². The van der Waals surface area contributed by atoms with Gasteiger partial charge in [-0.2, -0.15) is 0 Å². The molecule has 27 heavy (non-hydrogen) atoms. The van der Waals surface area contributed by atoms with E-state index >= 15 is 0 Å². The lowest BCUT2D eigenvalue weighted by Crippen LogP contribution is -2.40. The first kappa shape index (κ1) is 19.7. The molecular formula is C18H25N5O3S. The molecule has 0 aliphatic carbocycles. The summed E-state index contributed by atoms with van der Waals surface area (Å²) in [6.07, 6.45) is 1.77. The van der Waals surface area contributed by atoms with Crippen LogP contribution in [0, 0.1) is 13.8 Å². The van der Waals surface area contributed by atoms with Crippen LogP contribution < -0.4 is 5.56 Å². The van der Waals surface area contributed by atoms with Crippen molar-refractivity contribution in [2.75, 3.05) is 39.9 Å². The van der Waals surface area contributed by atoms with Crippen LogP contribution in [0.1, 0.15) is 26.5 Å². The van der Waals surface area contributed by atoms with Crippen LogP contribution in [0.25, 0.3) is 0 Å². The molecule has 3 heterocycles. The first-order chi connectivity index (χ1) is 13.0. The Kier molecular flexibility index (Phi) is 6.35. The van der Waals surface area contributed by atoms with Crippen molar-refractivity contribution in [3.8, 4) is 0 Å². The fourth-order valence-electron chi connectivity index (χ4n) is 3.05. The highest BCUT2D eigenvalue weighted by Gasteiger charge is 2.21. The van der Waals surface area contributed by atoms with Gasteiger partial charge in [0.15, 0.2) is 0 Å². The molecule has 0 N–H and O–H groups in total. The Morgan fingerprint density at radius 2 is 2.04 bits per heavy atom. The maximum Gasteiger partial charge on any atom is 0.263 e. The highest BCUT2D eigenvalue weighted by Crippen LogP contribution is 2.14. The lowest BCUT2D eigenvalue weighted by atomic mass is 10.1. The van der Waals surface area contributed by atoms with Gasteiger partial charge in [-0.25, -0.2) is 0 Å². The van der Waals surface area contributed by atoms with Crippen LogP contribution in [0.5, 0.6) is 0 Å². The lowest BCUT2D eigenvalue weighted by molar-refractivity contribution is 0.0362. The van der Waals surface area contributed by atoms with Crippen LogP contribution in [0.4, 0.5) is 0 Å². The molecule has 9 heteroatoms. The Balaban J connectivity index is 1.74. The molecule has 0 aromatic carbocycles. The summed E-state index contributed by atoms with van der Waals surface area (Å²) in [6.45, 7) is 8.57. The normalized spacial score (nSPS) is 15.1. The number of amides is 1. The summed E-state index contributed by atoms with van der Waals surface area (Å²) >= 11 is 1.27. The van der Waals surface area contributed by atoms with Gasteiger partial charge in [0.05, 0.1) is 30.3 Å². The Hall–Kier alpha value is -2.10. The third-order valence-electron chi connectivity index (χ3n) is 4.82. The van der Waals surface area contributed by atoms with E-state index in [4.69, 9.17) is 4.74 Å². The Morgan fingerprint density at radius 3 is 2.70 bits per heavy atom. The van der Waals surface area contributed by atoms with Gasteiger partial charge in [-0.05, 0) is 37.0 Å². The van der Waals surface area contributed by atoms with E-state index in [9.17, 15) is 9.59 Å². The van der Waals surface area contributed by atoms with Crippen LogP contribution in [0.3, 0.4) is 0 Å². The fraction of sp³-hybridized carbons (Fsp3) is 0.556. The van der Waals surface area contributed by atoms with E-state index in [1.54, 1.807) is 29.6 Å². The van der Waals surface area contributed by atoms with Crippen LogP contribution in [-0.4, -0.2) is 69.8 Å². The van der Waals surface area contributed by atoms with E-state index in [1.165, 1.54) is 11.5 Å². The molecule has 1 aliphatic heterocycles. The van der Waals surface area contributed by atoms with Gasteiger partial charge in [0.1, 0.15) is 5.56 Å². The van der Waals surface area contributed by atoms with Crippen LogP contribution >= 0.6 is 11.5 Å². The SMILES string of the molecule is Cc1ccn(CCN2CCOCC2)c(=O)c1C(=O)N(C)Cc1snnc1C. The Morgan fingerprint density at radius 1 is 1.30 bits per heavy atom. The number of aryl methyl sites for hydroxylation is 2. The van der Waals surface area contributed by atoms with Gasteiger partial charge in [0, 0.05) is 39.4 Å². The van der Waals surface area contributed by atoms with Crippen molar-refractivity contribution in [3.05, 3.63) is 44.3 Å². The van der Waals surface area contributed by atoms with Crippen molar-refractivity contribution in [2.24, 2.45) is 0 Å². The molecule has 1 saturated heterocycles. The van der Waals surface area contributed by atoms with E-state index in [0.29, 0.717) is 18.7 Å². The van der Waals surface area contributed by atoms with E-state index in [1.807, 2.05) is 13.0 Å². The van der Waals surface area contributed by atoms with Crippen molar-refractivity contribution >= 4 is 17.4 Å². The minimum Gasteiger partial charge on any atom is -0.379 e. The number of carbonyl (C=O) groups excluding carboxylic acids is 1. The highest BCUT2D eigenvalue weighted by atomic mass is 32.1. The molecule has 0 radical (unpaired) electrons. The summed E-state index contributed by atoms with van der Waals surface area (Å²) in [7, 11) is 1.70. The van der Waals surface area contributed by atoms with Crippen molar-refractivity contribution in [2.45, 2.75) is 26.9 Å². The van der Waals surface area contributed by atoms with E-state index < -0.39 is 0 Å². The third kappa shape index (κ3) is 4.60. The molecule has 0 atom stereocenters. The quantitative estimate of drug-likeness (QED) is 0.729. The van der Waals surface area contributed by atoms with Crippen molar-refractivity contribution in [3.63, 3.8) is 0 Å². The minimum absolute atomic E-state index is 0.233. The minimum atomic E-state index is -0.272. The van der Waals surface area contributed by atoms with Gasteiger partial charge in [0.2, 0.25) is 0 Å². The number of morpholine rings is 1. The zero-order chi connectivity index (χ0) is 19.4. The molecule has 0 unspecified atom stereocenters. The molecule has 0 spiro atoms. The molecule has 0 saturated carbocycles. The van der Waals surface area contributed by atoms with Gasteiger partial charge >= 0.3 is 0 Å². The van der Waals surface area contributed by atoms with Gasteiger partial charge in [-0.15, -0.1) is 5.10 Å². The Labute approximate surface area is 162 Å². The van der Waals surface area contributed by atoms with Crippen molar-refractivity contribution < 1.29 is 9.53 Å². The number of aromatic nitrogens is 3. The van der Waals surface area contributed by atoms with E-state index in [2.05, 4.69) is 14.5 Å². The standard InChI is InChI=1S/C18H25N5O3S/c1-13-4-5-23(7-6-22-8-10-26-11-9-22)18(25)16(13)17(24)21(3)12-15-14(2)19-20-27-15/h4-5H,6-12H2,1-3H3. The smallest absolute Gasteiger partial charge is 0.263 e. The second-order valence-corrected chi connectivity index (χ2v) is 7.61. The summed E-state index contributed by atoms with van der Waals surface area (Å²) in [5.74, 6) is -0.272. The maximum atomic E-state index is 12.9. The topological polar surface area (TPSA) is 80.6 Å². The maximum absolute atomic E-state index is 12.9. The molecule has 2 aromatic heterocycles. The number of carbonyl (C=O) groups is 1. The van der Waals surface area contributed by atoms with E-state index in [0.717, 1.165) is 43.4 Å². The van der Waals surface area contributed by atoms with Gasteiger partial charge in [-0.3, -0.25) is 14.5 Å². The number of ether oxygens (including phenoxy) is 1. The predicted octanol–water partition coefficient (Wildman–Crippen LogP) is 0.921. The summed E-state index contributed by atoms with van der Waals surface area (Å²) in [4.78, 5) is 30.6. The number of rotatable bonds is 6. The summed E-state index contributed by atoms with van der Waals surface area (Å²) in [5, 5.41) is 3.97. The molecule has 1 amide bonds. The molecule has 146 valence electrons.